The molecule has 0 saturated heterocycles. The van der Waals surface area contributed by atoms with Gasteiger partial charge in [-0.2, -0.15) is 0 Å². The minimum absolute atomic E-state index is 0.0273. The number of ketones is 1. The van der Waals surface area contributed by atoms with Gasteiger partial charge in [0.25, 0.3) is 0 Å². The van der Waals surface area contributed by atoms with E-state index >= 15 is 0 Å². The van der Waals surface area contributed by atoms with Crippen LogP contribution in [0.1, 0.15) is 35.3 Å². The minimum Gasteiger partial charge on any atom is -0.486 e. The van der Waals surface area contributed by atoms with Crippen molar-refractivity contribution in [2.75, 3.05) is 6.54 Å². The Morgan fingerprint density at radius 1 is 1.22 bits per heavy atom. The first kappa shape index (κ1) is 16.5. The Kier molecular flexibility index (Phi) is 3.78. The molecule has 2 aliphatic carbocycles. The number of ether oxygens (including phenoxy) is 1. The van der Waals surface area contributed by atoms with E-state index in [1.54, 1.807) is 6.20 Å². The normalized spacial score (nSPS) is 30.4. The molecule has 2 fully saturated rings. The van der Waals surface area contributed by atoms with Crippen molar-refractivity contribution in [3.8, 4) is 5.75 Å². The van der Waals surface area contributed by atoms with E-state index in [-0.39, 0.29) is 23.5 Å². The molecule has 2 saturated carbocycles. The maximum absolute atomic E-state index is 12.7. The van der Waals surface area contributed by atoms with Crippen LogP contribution < -0.4 is 10.1 Å². The van der Waals surface area contributed by atoms with Crippen LogP contribution in [0.25, 0.3) is 0 Å². The van der Waals surface area contributed by atoms with Gasteiger partial charge in [0.05, 0.1) is 12.0 Å². The molecule has 0 unspecified atom stereocenters. The van der Waals surface area contributed by atoms with Crippen LogP contribution in [0.4, 0.5) is 0 Å². The van der Waals surface area contributed by atoms with Gasteiger partial charge in [-0.1, -0.05) is 18.2 Å². The molecule has 4 atom stereocenters. The Hall–Kier alpha value is -2.69. The Morgan fingerprint density at radius 3 is 2.93 bits per heavy atom. The molecule has 27 heavy (non-hydrogen) atoms. The Labute approximate surface area is 158 Å². The predicted octanol–water partition coefficient (Wildman–Crippen LogP) is 2.80. The lowest BCUT2D eigenvalue weighted by Gasteiger charge is -2.37. The highest BCUT2D eigenvalue weighted by Gasteiger charge is 2.70. The number of fused-ring (bicyclic) bond motifs is 3. The minimum atomic E-state index is -0.487. The number of carbonyl (C=O) groups is 2. The monoisotopic (exact) mass is 362 g/mol. The lowest BCUT2D eigenvalue weighted by Crippen LogP contribution is -2.44. The maximum atomic E-state index is 12.7. The lowest BCUT2D eigenvalue weighted by molar-refractivity contribution is -0.124. The van der Waals surface area contributed by atoms with E-state index in [2.05, 4.69) is 10.3 Å². The SMILES string of the molecule is O=C1C[C@@]2(CC[C@H]3[C@@H](C(=O)NCCc4ccccn4)[C@@H]32)Oc2ccccc21. The molecule has 1 spiro atoms. The van der Waals surface area contributed by atoms with Crippen molar-refractivity contribution in [3.63, 3.8) is 0 Å². The number of nitrogens with zero attached hydrogens (tertiary/aromatic N) is 1. The van der Waals surface area contributed by atoms with Gasteiger partial charge < -0.3 is 10.1 Å². The van der Waals surface area contributed by atoms with Crippen molar-refractivity contribution in [1.29, 1.82) is 0 Å². The number of Topliss-reactive ketones (excluding diaryl/α,β-unsaturated/α-hetero) is 1. The zero-order valence-corrected chi connectivity index (χ0v) is 15.1. The number of benzene rings is 1. The van der Waals surface area contributed by atoms with Crippen molar-refractivity contribution in [2.45, 2.75) is 31.3 Å². The van der Waals surface area contributed by atoms with Crippen LogP contribution in [0.5, 0.6) is 5.75 Å². The summed E-state index contributed by atoms with van der Waals surface area (Å²) in [6.45, 7) is 0.585. The summed E-state index contributed by atoms with van der Waals surface area (Å²) in [5, 5.41) is 3.05. The first-order valence-electron chi connectivity index (χ1n) is 9.67. The number of nitrogens with one attached hydrogen (secondary N) is 1. The Balaban J connectivity index is 1.25. The number of amides is 1. The summed E-state index contributed by atoms with van der Waals surface area (Å²) in [6, 6.07) is 13.3. The average molecular weight is 362 g/mol. The second kappa shape index (κ2) is 6.19. The molecule has 0 bridgehead atoms. The van der Waals surface area contributed by atoms with E-state index in [4.69, 9.17) is 4.74 Å². The van der Waals surface area contributed by atoms with Crippen molar-refractivity contribution in [1.82, 2.24) is 10.3 Å². The quantitative estimate of drug-likeness (QED) is 0.908. The summed E-state index contributed by atoms with van der Waals surface area (Å²) >= 11 is 0. The first-order valence-corrected chi connectivity index (χ1v) is 9.67. The molecule has 1 aromatic heterocycles. The number of carbonyl (C=O) groups excluding carboxylic acids is 2. The largest absolute Gasteiger partial charge is 0.486 e. The Bertz CT molecular complexity index is 897. The van der Waals surface area contributed by atoms with Gasteiger partial charge in [-0.3, -0.25) is 14.6 Å². The first-order chi connectivity index (χ1) is 13.2. The highest BCUT2D eigenvalue weighted by atomic mass is 16.5. The summed E-state index contributed by atoms with van der Waals surface area (Å²) in [4.78, 5) is 29.6. The van der Waals surface area contributed by atoms with Crippen molar-refractivity contribution < 1.29 is 14.3 Å². The molecule has 5 rings (SSSR count). The molecule has 5 heteroatoms. The maximum Gasteiger partial charge on any atom is 0.223 e. The van der Waals surface area contributed by atoms with E-state index in [0.29, 0.717) is 30.2 Å². The molecule has 3 aliphatic rings. The zero-order chi connectivity index (χ0) is 18.4. The number of para-hydroxylation sites is 1. The topological polar surface area (TPSA) is 68.3 Å². The fraction of sp³-hybridized carbons (Fsp3) is 0.409. The van der Waals surface area contributed by atoms with Gasteiger partial charge in [-0.05, 0) is 43.0 Å². The molecule has 1 aromatic carbocycles. The van der Waals surface area contributed by atoms with Crippen LogP contribution in [0.3, 0.4) is 0 Å². The third kappa shape index (κ3) is 2.73. The summed E-state index contributed by atoms with van der Waals surface area (Å²) < 4.78 is 6.35. The molecule has 5 nitrogen and oxygen atoms in total. The van der Waals surface area contributed by atoms with Gasteiger partial charge in [-0.15, -0.1) is 0 Å². The van der Waals surface area contributed by atoms with Gasteiger partial charge >= 0.3 is 0 Å². The highest BCUT2D eigenvalue weighted by molar-refractivity contribution is 6.00. The third-order valence-electron chi connectivity index (χ3n) is 6.35. The van der Waals surface area contributed by atoms with Crippen molar-refractivity contribution >= 4 is 11.7 Å². The van der Waals surface area contributed by atoms with E-state index in [1.165, 1.54) is 0 Å². The third-order valence-corrected chi connectivity index (χ3v) is 6.35. The zero-order valence-electron chi connectivity index (χ0n) is 15.1. The van der Waals surface area contributed by atoms with Crippen LogP contribution in [0, 0.1) is 17.8 Å². The van der Waals surface area contributed by atoms with Gasteiger partial charge in [0, 0.05) is 36.7 Å². The van der Waals surface area contributed by atoms with Crippen LogP contribution in [-0.2, 0) is 11.2 Å². The molecule has 2 heterocycles. The van der Waals surface area contributed by atoms with E-state index in [9.17, 15) is 9.59 Å². The van der Waals surface area contributed by atoms with E-state index < -0.39 is 5.60 Å². The highest BCUT2D eigenvalue weighted by Crippen LogP contribution is 2.65. The molecule has 138 valence electrons. The lowest BCUT2D eigenvalue weighted by atomic mass is 9.84. The van der Waals surface area contributed by atoms with Gasteiger partial charge in [0.1, 0.15) is 11.4 Å². The Morgan fingerprint density at radius 2 is 2.07 bits per heavy atom. The smallest absolute Gasteiger partial charge is 0.223 e. The number of aromatic nitrogens is 1. The fourth-order valence-electron chi connectivity index (χ4n) is 5.10. The molecule has 2 aromatic rings. The summed E-state index contributed by atoms with van der Waals surface area (Å²) in [5.74, 6) is 1.38. The fourth-order valence-corrected chi connectivity index (χ4v) is 5.10. The van der Waals surface area contributed by atoms with Gasteiger partial charge in [-0.25, -0.2) is 0 Å². The van der Waals surface area contributed by atoms with Crippen LogP contribution in [-0.4, -0.2) is 28.8 Å². The van der Waals surface area contributed by atoms with E-state index in [0.717, 1.165) is 25.0 Å². The second-order valence-electron chi connectivity index (χ2n) is 7.88. The molecular formula is C22H22N2O3. The van der Waals surface area contributed by atoms with Crippen LogP contribution >= 0.6 is 0 Å². The molecular weight excluding hydrogens is 340 g/mol. The number of pyridine rings is 1. The van der Waals surface area contributed by atoms with Crippen LogP contribution in [0.15, 0.2) is 48.7 Å². The number of rotatable bonds is 4. The van der Waals surface area contributed by atoms with Gasteiger partial charge in [0.2, 0.25) is 5.91 Å². The standard InChI is InChI=1S/C22H22N2O3/c25-17-13-22(27-18-7-2-1-6-15(17)18)10-8-16-19(20(16)22)21(26)24-12-9-14-5-3-4-11-23-14/h1-7,11,16,19-20H,8-10,12-13H2,(H,24,26)/t16-,19+,20+,22+/m0/s1. The van der Waals surface area contributed by atoms with Gasteiger partial charge in [0.15, 0.2) is 5.78 Å². The van der Waals surface area contributed by atoms with E-state index in [1.807, 2.05) is 42.5 Å². The second-order valence-corrected chi connectivity index (χ2v) is 7.88. The molecule has 1 aliphatic heterocycles. The number of hydrogen-bond donors (Lipinski definition) is 1. The van der Waals surface area contributed by atoms with Crippen molar-refractivity contribution in [3.05, 3.63) is 59.9 Å². The molecule has 1 N–H and O–H groups in total. The predicted molar refractivity (Wildman–Crippen MR) is 99.4 cm³/mol. The summed E-state index contributed by atoms with van der Waals surface area (Å²) in [6.07, 6.45) is 4.70. The summed E-state index contributed by atoms with van der Waals surface area (Å²) in [7, 11) is 0. The average Bonchev–Trinajstić information content (AvgIpc) is 3.34. The molecule has 0 radical (unpaired) electrons. The molecule has 1 amide bonds. The summed E-state index contributed by atoms with van der Waals surface area (Å²) in [5.41, 5.74) is 1.16. The van der Waals surface area contributed by atoms with Crippen LogP contribution in [0.2, 0.25) is 0 Å². The van der Waals surface area contributed by atoms with Crippen molar-refractivity contribution in [2.24, 2.45) is 17.8 Å². The number of hydrogen-bond acceptors (Lipinski definition) is 4.